The molecule has 0 aromatic carbocycles. The lowest BCUT2D eigenvalue weighted by molar-refractivity contribution is -0.122. The predicted molar refractivity (Wildman–Crippen MR) is 46.3 cm³/mol. The quantitative estimate of drug-likeness (QED) is 0.556. The van der Waals surface area contributed by atoms with E-state index in [1.165, 1.54) is 0 Å². The number of hydrogen-bond acceptors (Lipinski definition) is 1. The molecule has 0 bridgehead atoms. The highest BCUT2D eigenvalue weighted by atomic mass is 16.1. The summed E-state index contributed by atoms with van der Waals surface area (Å²) in [5.74, 6) is 1.73. The Bertz CT molecular complexity index is 160. The van der Waals surface area contributed by atoms with Gasteiger partial charge in [-0.2, -0.15) is 0 Å². The van der Waals surface area contributed by atoms with Crippen molar-refractivity contribution in [1.29, 1.82) is 0 Å². The Morgan fingerprint density at radius 2 is 2.45 bits per heavy atom. The number of hydrogen-bond donors (Lipinski definition) is 0. The van der Waals surface area contributed by atoms with Crippen LogP contribution < -0.4 is 0 Å². The maximum atomic E-state index is 11.0. The minimum absolute atomic E-state index is 0.442. The lowest BCUT2D eigenvalue weighted by Crippen LogP contribution is -2.22. The first-order valence-electron chi connectivity index (χ1n) is 4.36. The number of carbonyl (C=O) groups is 1. The van der Waals surface area contributed by atoms with Crippen molar-refractivity contribution >= 4 is 5.78 Å². The molecule has 0 aromatic heterocycles. The summed E-state index contributed by atoms with van der Waals surface area (Å²) in [6.45, 7) is 5.90. The van der Waals surface area contributed by atoms with Gasteiger partial charge in [0.1, 0.15) is 5.78 Å². The van der Waals surface area contributed by atoms with E-state index in [4.69, 9.17) is 0 Å². The first-order valence-corrected chi connectivity index (χ1v) is 4.36. The largest absolute Gasteiger partial charge is 0.300 e. The number of rotatable bonds is 2. The molecule has 1 aliphatic carbocycles. The number of Topliss-reactive ketones (excluding diaryl/α,β-unsaturated/α-hetero) is 1. The van der Waals surface area contributed by atoms with Crippen molar-refractivity contribution in [2.75, 3.05) is 0 Å². The highest BCUT2D eigenvalue weighted by molar-refractivity contribution is 5.79. The fourth-order valence-corrected chi connectivity index (χ4v) is 1.82. The van der Waals surface area contributed by atoms with Crippen LogP contribution >= 0.6 is 0 Å². The Hall–Kier alpha value is -0.590. The van der Waals surface area contributed by atoms with Crippen LogP contribution in [0.4, 0.5) is 0 Å². The minimum atomic E-state index is 0.442. The predicted octanol–water partition coefficient (Wildman–Crippen LogP) is 2.57. The van der Waals surface area contributed by atoms with Crippen molar-refractivity contribution in [1.82, 2.24) is 0 Å². The van der Waals surface area contributed by atoms with E-state index < -0.39 is 0 Å². The Balaban J connectivity index is 2.43. The molecule has 1 aliphatic rings. The fraction of sp³-hybridized carbons (Fsp3) is 0.700. The van der Waals surface area contributed by atoms with Crippen molar-refractivity contribution < 1.29 is 4.79 Å². The van der Waals surface area contributed by atoms with Crippen LogP contribution in [0.2, 0.25) is 0 Å². The Morgan fingerprint density at radius 1 is 1.73 bits per heavy atom. The smallest absolute Gasteiger partial charge is 0.133 e. The van der Waals surface area contributed by atoms with Crippen molar-refractivity contribution in [2.45, 2.75) is 32.6 Å². The van der Waals surface area contributed by atoms with Gasteiger partial charge >= 0.3 is 0 Å². The van der Waals surface area contributed by atoms with Gasteiger partial charge in [0, 0.05) is 12.8 Å². The van der Waals surface area contributed by atoms with Crippen molar-refractivity contribution in [3.63, 3.8) is 0 Å². The second kappa shape index (κ2) is 3.70. The topological polar surface area (TPSA) is 17.1 Å². The van der Waals surface area contributed by atoms with Gasteiger partial charge in [-0.05, 0) is 24.7 Å². The van der Waals surface area contributed by atoms with Gasteiger partial charge in [0.25, 0.3) is 0 Å². The van der Waals surface area contributed by atoms with E-state index in [1.807, 2.05) is 6.08 Å². The lowest BCUT2D eigenvalue weighted by Gasteiger charge is -2.26. The lowest BCUT2D eigenvalue weighted by atomic mass is 9.78. The van der Waals surface area contributed by atoms with Crippen LogP contribution in [0.3, 0.4) is 0 Å². The summed E-state index contributed by atoms with van der Waals surface area (Å²) in [5, 5.41) is 0. The molecule has 1 nitrogen and oxygen atoms in total. The van der Waals surface area contributed by atoms with Crippen LogP contribution in [0.25, 0.3) is 0 Å². The monoisotopic (exact) mass is 152 g/mol. The molecule has 1 saturated carbocycles. The van der Waals surface area contributed by atoms with Gasteiger partial charge in [-0.3, -0.25) is 4.79 Å². The van der Waals surface area contributed by atoms with Crippen LogP contribution in [0, 0.1) is 11.8 Å². The zero-order valence-corrected chi connectivity index (χ0v) is 7.18. The molecule has 0 radical (unpaired) electrons. The summed E-state index contributed by atoms with van der Waals surface area (Å²) < 4.78 is 0. The maximum Gasteiger partial charge on any atom is 0.133 e. The zero-order chi connectivity index (χ0) is 8.27. The van der Waals surface area contributed by atoms with Crippen molar-refractivity contribution in [3.05, 3.63) is 12.7 Å². The SMILES string of the molecule is C=CC[C@@H]1CCC(=O)C[C@H]1C. The number of carbonyl (C=O) groups excluding carboxylic acids is 1. The molecule has 1 rings (SSSR count). The molecule has 0 aromatic rings. The third kappa shape index (κ3) is 2.18. The third-order valence-electron chi connectivity index (χ3n) is 2.62. The van der Waals surface area contributed by atoms with E-state index in [0.29, 0.717) is 17.6 Å². The maximum absolute atomic E-state index is 11.0. The molecule has 0 heterocycles. The normalized spacial score (nSPS) is 31.9. The van der Waals surface area contributed by atoms with Crippen molar-refractivity contribution in [3.8, 4) is 0 Å². The first-order chi connectivity index (χ1) is 5.24. The van der Waals surface area contributed by atoms with Crippen LogP contribution in [0.1, 0.15) is 32.6 Å². The Morgan fingerprint density at radius 3 is 3.00 bits per heavy atom. The molecule has 0 saturated heterocycles. The molecule has 0 amide bonds. The molecule has 0 aliphatic heterocycles. The van der Waals surface area contributed by atoms with Gasteiger partial charge in [0.05, 0.1) is 0 Å². The van der Waals surface area contributed by atoms with Gasteiger partial charge in [-0.1, -0.05) is 13.0 Å². The summed E-state index contributed by atoms with van der Waals surface area (Å²) in [6.07, 6.45) is 5.71. The summed E-state index contributed by atoms with van der Waals surface area (Å²) in [6, 6.07) is 0. The molecule has 0 spiro atoms. The van der Waals surface area contributed by atoms with Crippen LogP contribution in [-0.4, -0.2) is 5.78 Å². The average molecular weight is 152 g/mol. The Kier molecular flexibility index (Phi) is 2.86. The molecule has 1 heteroatoms. The molecule has 62 valence electrons. The summed E-state index contributed by atoms with van der Waals surface area (Å²) in [4.78, 5) is 11.0. The highest BCUT2D eigenvalue weighted by Gasteiger charge is 2.24. The number of ketones is 1. The van der Waals surface area contributed by atoms with Crippen LogP contribution in [0.5, 0.6) is 0 Å². The summed E-state index contributed by atoms with van der Waals surface area (Å²) in [5.41, 5.74) is 0. The Labute approximate surface area is 68.5 Å². The fourth-order valence-electron chi connectivity index (χ4n) is 1.82. The van der Waals surface area contributed by atoms with E-state index in [2.05, 4.69) is 13.5 Å². The summed E-state index contributed by atoms with van der Waals surface area (Å²) in [7, 11) is 0. The molecule has 0 N–H and O–H groups in total. The molecular formula is C10H16O. The van der Waals surface area contributed by atoms with Crippen LogP contribution in [0.15, 0.2) is 12.7 Å². The van der Waals surface area contributed by atoms with Gasteiger partial charge in [0.15, 0.2) is 0 Å². The molecule has 0 unspecified atom stereocenters. The summed E-state index contributed by atoms with van der Waals surface area (Å²) >= 11 is 0. The van der Waals surface area contributed by atoms with Crippen LogP contribution in [-0.2, 0) is 4.79 Å². The third-order valence-corrected chi connectivity index (χ3v) is 2.62. The van der Waals surface area contributed by atoms with Gasteiger partial charge in [-0.15, -0.1) is 6.58 Å². The second-order valence-corrected chi connectivity index (χ2v) is 3.54. The average Bonchev–Trinajstić information content (AvgIpc) is 1.95. The highest BCUT2D eigenvalue weighted by Crippen LogP contribution is 2.29. The van der Waals surface area contributed by atoms with E-state index in [1.54, 1.807) is 0 Å². The first kappa shape index (κ1) is 8.51. The second-order valence-electron chi connectivity index (χ2n) is 3.54. The van der Waals surface area contributed by atoms with E-state index in [0.717, 1.165) is 25.7 Å². The standard InChI is InChI=1S/C10H16O/c1-3-4-9-5-6-10(11)7-8(9)2/h3,8-9H,1,4-7H2,2H3/t8-,9-/m1/s1. The van der Waals surface area contributed by atoms with E-state index in [-0.39, 0.29) is 0 Å². The van der Waals surface area contributed by atoms with Crippen molar-refractivity contribution in [2.24, 2.45) is 11.8 Å². The molecular weight excluding hydrogens is 136 g/mol. The zero-order valence-electron chi connectivity index (χ0n) is 7.18. The number of allylic oxidation sites excluding steroid dienone is 1. The van der Waals surface area contributed by atoms with Gasteiger partial charge < -0.3 is 0 Å². The van der Waals surface area contributed by atoms with Gasteiger partial charge in [-0.25, -0.2) is 0 Å². The molecule has 11 heavy (non-hydrogen) atoms. The molecule has 1 fully saturated rings. The minimum Gasteiger partial charge on any atom is -0.300 e. The van der Waals surface area contributed by atoms with E-state index in [9.17, 15) is 4.79 Å². The molecule has 2 atom stereocenters. The van der Waals surface area contributed by atoms with Gasteiger partial charge in [0.2, 0.25) is 0 Å². The van der Waals surface area contributed by atoms with E-state index >= 15 is 0 Å².